The third-order valence-corrected chi connectivity index (χ3v) is 3.96. The van der Waals surface area contributed by atoms with E-state index in [1.54, 1.807) is 24.3 Å². The van der Waals surface area contributed by atoms with Crippen molar-refractivity contribution >= 4 is 60.8 Å². The maximum Gasteiger partial charge on any atom is 0.257 e. The quantitative estimate of drug-likeness (QED) is 0.689. The van der Waals surface area contributed by atoms with Crippen LogP contribution in [0.5, 0.6) is 0 Å². The third kappa shape index (κ3) is 4.33. The maximum absolute atomic E-state index is 13.2. The number of benzene rings is 2. The maximum atomic E-state index is 13.2. The molecule has 0 fully saturated rings. The first-order chi connectivity index (χ1) is 9.97. The normalized spacial score (nSPS) is 10.0. The molecule has 0 heterocycles. The highest BCUT2D eigenvalue weighted by Crippen LogP contribution is 2.31. The molecule has 0 aliphatic carbocycles. The van der Waals surface area contributed by atoms with Gasteiger partial charge in [-0.15, -0.1) is 0 Å². The lowest BCUT2D eigenvalue weighted by atomic mass is 10.2. The lowest BCUT2D eigenvalue weighted by molar-refractivity contribution is 0.0977. The minimum atomic E-state index is -0.390. The molecule has 0 spiro atoms. The average Bonchev–Trinajstić information content (AvgIpc) is 2.43. The Balaban J connectivity index is 2.08. The summed E-state index contributed by atoms with van der Waals surface area (Å²) in [5, 5.41) is 5.53. The lowest BCUT2D eigenvalue weighted by Gasteiger charge is -2.12. The zero-order chi connectivity index (χ0) is 15.4. The van der Waals surface area contributed by atoms with Gasteiger partial charge < -0.3 is 5.32 Å². The molecule has 1 amide bonds. The molecule has 2 rings (SSSR count). The first kappa shape index (κ1) is 16.1. The van der Waals surface area contributed by atoms with Crippen molar-refractivity contribution in [3.63, 3.8) is 0 Å². The van der Waals surface area contributed by atoms with Crippen LogP contribution in [-0.4, -0.2) is 11.0 Å². The fourth-order valence-corrected chi connectivity index (χ4v) is 3.09. The van der Waals surface area contributed by atoms with Crippen LogP contribution < -0.4 is 10.6 Å². The third-order valence-electron chi connectivity index (χ3n) is 2.51. The second kappa shape index (κ2) is 7.11. The number of amides is 1. The number of thiocarbonyl (C=S) groups is 1. The Morgan fingerprint density at radius 3 is 2.24 bits per heavy atom. The standard InChI is InChI=1S/C14H9Br2FN2OS/c15-10-6-9(17)7-11(16)12(10)18-14(21)19-13(20)8-4-2-1-3-5-8/h1-7H,(H2,18,19,20,21). The van der Waals surface area contributed by atoms with E-state index >= 15 is 0 Å². The molecular weight excluding hydrogens is 423 g/mol. The van der Waals surface area contributed by atoms with Gasteiger partial charge in [-0.25, -0.2) is 4.39 Å². The highest BCUT2D eigenvalue weighted by atomic mass is 79.9. The molecule has 108 valence electrons. The van der Waals surface area contributed by atoms with Crippen LogP contribution in [0.4, 0.5) is 10.1 Å². The topological polar surface area (TPSA) is 41.1 Å². The van der Waals surface area contributed by atoms with Gasteiger partial charge in [-0.2, -0.15) is 0 Å². The zero-order valence-electron chi connectivity index (χ0n) is 10.5. The van der Waals surface area contributed by atoms with Crippen molar-refractivity contribution in [3.05, 3.63) is 62.8 Å². The number of hydrogen-bond acceptors (Lipinski definition) is 2. The van der Waals surface area contributed by atoms with Crippen molar-refractivity contribution in [1.29, 1.82) is 0 Å². The number of carbonyl (C=O) groups is 1. The first-order valence-corrected chi connectivity index (χ1v) is 7.78. The van der Waals surface area contributed by atoms with Crippen molar-refractivity contribution in [3.8, 4) is 0 Å². The van der Waals surface area contributed by atoms with Crippen molar-refractivity contribution in [2.75, 3.05) is 5.32 Å². The van der Waals surface area contributed by atoms with Gasteiger partial charge in [0.2, 0.25) is 0 Å². The van der Waals surface area contributed by atoms with Crippen LogP contribution in [0.3, 0.4) is 0 Å². The van der Waals surface area contributed by atoms with Crippen LogP contribution in [-0.2, 0) is 0 Å². The molecule has 3 nitrogen and oxygen atoms in total. The van der Waals surface area contributed by atoms with Gasteiger partial charge in [0.1, 0.15) is 5.82 Å². The van der Waals surface area contributed by atoms with Gasteiger partial charge in [0.05, 0.1) is 5.69 Å². The van der Waals surface area contributed by atoms with Crippen LogP contribution in [0.1, 0.15) is 10.4 Å². The molecule has 0 atom stereocenters. The Morgan fingerprint density at radius 1 is 1.10 bits per heavy atom. The van der Waals surface area contributed by atoms with Gasteiger partial charge in [-0.3, -0.25) is 10.1 Å². The van der Waals surface area contributed by atoms with Crippen molar-refractivity contribution in [2.24, 2.45) is 0 Å². The number of rotatable bonds is 2. The second-order valence-electron chi connectivity index (χ2n) is 4.02. The van der Waals surface area contributed by atoms with Crippen LogP contribution >= 0.6 is 44.1 Å². The molecule has 2 aromatic carbocycles. The van der Waals surface area contributed by atoms with Crippen LogP contribution in [0.15, 0.2) is 51.4 Å². The molecule has 0 unspecified atom stereocenters. The molecule has 0 radical (unpaired) electrons. The molecule has 0 aliphatic heterocycles. The summed E-state index contributed by atoms with van der Waals surface area (Å²) in [6.07, 6.45) is 0. The predicted octanol–water partition coefficient (Wildman–Crippen LogP) is 4.48. The Hall–Kier alpha value is -1.31. The molecule has 7 heteroatoms. The number of nitrogens with one attached hydrogen (secondary N) is 2. The van der Waals surface area contributed by atoms with Gasteiger partial charge in [0.25, 0.3) is 5.91 Å². The molecule has 0 aromatic heterocycles. The SMILES string of the molecule is O=C(NC(=S)Nc1c(Br)cc(F)cc1Br)c1ccccc1. The summed E-state index contributed by atoms with van der Waals surface area (Å²) >= 11 is 11.6. The van der Waals surface area contributed by atoms with Gasteiger partial charge in [0, 0.05) is 14.5 Å². The van der Waals surface area contributed by atoms with E-state index in [1.807, 2.05) is 6.07 Å². The van der Waals surface area contributed by atoms with E-state index in [2.05, 4.69) is 42.5 Å². The van der Waals surface area contributed by atoms with E-state index in [0.29, 0.717) is 20.2 Å². The Kier molecular flexibility index (Phi) is 5.44. The monoisotopic (exact) mass is 430 g/mol. The van der Waals surface area contributed by atoms with E-state index in [4.69, 9.17) is 12.2 Å². The largest absolute Gasteiger partial charge is 0.331 e. The molecule has 0 bridgehead atoms. The first-order valence-electron chi connectivity index (χ1n) is 5.79. The molecule has 0 aliphatic rings. The van der Waals surface area contributed by atoms with E-state index in [9.17, 15) is 9.18 Å². The molecule has 0 saturated carbocycles. The molecule has 21 heavy (non-hydrogen) atoms. The summed E-state index contributed by atoms with van der Waals surface area (Å²) < 4.78 is 14.2. The Labute approximate surface area is 143 Å². The zero-order valence-corrected chi connectivity index (χ0v) is 14.5. The molecule has 0 saturated heterocycles. The fraction of sp³-hybridized carbons (Fsp3) is 0. The Morgan fingerprint density at radius 2 is 1.67 bits per heavy atom. The van der Waals surface area contributed by atoms with E-state index in [0.717, 1.165) is 0 Å². The molecule has 2 N–H and O–H groups in total. The Bertz CT molecular complexity index is 672. The van der Waals surface area contributed by atoms with Crippen molar-refractivity contribution < 1.29 is 9.18 Å². The summed E-state index contributed by atoms with van der Waals surface area (Å²) in [4.78, 5) is 11.9. The summed E-state index contributed by atoms with van der Waals surface area (Å²) in [6.45, 7) is 0. The number of halogens is 3. The van der Waals surface area contributed by atoms with E-state index in [-0.39, 0.29) is 11.0 Å². The number of anilines is 1. The molecular formula is C14H9Br2FN2OS. The summed E-state index contributed by atoms with van der Waals surface area (Å²) in [5.74, 6) is -0.707. The van der Waals surface area contributed by atoms with E-state index < -0.39 is 5.82 Å². The van der Waals surface area contributed by atoms with Crippen molar-refractivity contribution in [1.82, 2.24) is 5.32 Å². The highest BCUT2D eigenvalue weighted by molar-refractivity contribution is 9.11. The minimum Gasteiger partial charge on any atom is -0.331 e. The fourth-order valence-electron chi connectivity index (χ4n) is 1.57. The van der Waals surface area contributed by atoms with Crippen molar-refractivity contribution in [2.45, 2.75) is 0 Å². The lowest BCUT2D eigenvalue weighted by Crippen LogP contribution is -2.34. The van der Waals surface area contributed by atoms with Gasteiger partial charge in [-0.1, -0.05) is 18.2 Å². The minimum absolute atomic E-state index is 0.122. The summed E-state index contributed by atoms with van der Waals surface area (Å²) in [5.41, 5.74) is 1.04. The highest BCUT2D eigenvalue weighted by Gasteiger charge is 2.11. The predicted molar refractivity (Wildman–Crippen MR) is 91.9 cm³/mol. The van der Waals surface area contributed by atoms with E-state index in [1.165, 1.54) is 12.1 Å². The van der Waals surface area contributed by atoms with Crippen LogP contribution in [0, 0.1) is 5.82 Å². The summed E-state index contributed by atoms with van der Waals surface area (Å²) in [7, 11) is 0. The second-order valence-corrected chi connectivity index (χ2v) is 6.14. The summed E-state index contributed by atoms with van der Waals surface area (Å²) in [6, 6.07) is 11.3. The van der Waals surface area contributed by atoms with Crippen LogP contribution in [0.25, 0.3) is 0 Å². The van der Waals surface area contributed by atoms with Gasteiger partial charge in [0.15, 0.2) is 5.11 Å². The number of hydrogen-bond donors (Lipinski definition) is 2. The molecule has 2 aromatic rings. The smallest absolute Gasteiger partial charge is 0.257 e. The van der Waals surface area contributed by atoms with Gasteiger partial charge in [-0.05, 0) is 68.3 Å². The van der Waals surface area contributed by atoms with Gasteiger partial charge >= 0.3 is 0 Å². The average molecular weight is 432 g/mol. The van der Waals surface area contributed by atoms with Crippen LogP contribution in [0.2, 0.25) is 0 Å². The number of carbonyl (C=O) groups excluding carboxylic acids is 1.